The van der Waals surface area contributed by atoms with Gasteiger partial charge in [0.25, 0.3) is 0 Å². The fourth-order valence-electron chi connectivity index (χ4n) is 0.0829. The molecule has 0 aliphatic carbocycles. The summed E-state index contributed by atoms with van der Waals surface area (Å²) in [6.07, 6.45) is 0. The highest BCUT2D eigenvalue weighted by Crippen LogP contribution is 1.96. The molecule has 0 radical (unpaired) electrons. The van der Waals surface area contributed by atoms with Crippen LogP contribution < -0.4 is 0 Å². The molecule has 6 nitrogen and oxygen atoms in total. The highest BCUT2D eigenvalue weighted by atomic mass is 127. The van der Waals surface area contributed by atoms with Crippen LogP contribution in [-0.4, -0.2) is 9.72 Å². The largest absolute Gasteiger partial charge is 0.385 e. The lowest BCUT2D eigenvalue weighted by Crippen LogP contribution is -1.54. The van der Waals surface area contributed by atoms with Crippen LogP contribution in [0, 0.1) is 5.53 Å². The van der Waals surface area contributed by atoms with Gasteiger partial charge in [0.2, 0.25) is 0 Å². The molecule has 8 heavy (non-hydrogen) atoms. The minimum absolute atomic E-state index is 0.0515. The molecular formula is CH4IN5O. The Hall–Kier alpha value is -0.310. The van der Waals surface area contributed by atoms with E-state index in [1.165, 1.54) is 0 Å². The first-order valence-electron chi connectivity index (χ1n) is 1.58. The first-order chi connectivity index (χ1) is 3.91. The zero-order valence-electron chi connectivity index (χ0n) is 3.82. The number of nitrogens with one attached hydrogen (secondary N) is 1. The van der Waals surface area contributed by atoms with Gasteiger partial charge < -0.3 is 5.11 Å². The molecule has 0 aromatic heterocycles. The van der Waals surface area contributed by atoms with E-state index >= 15 is 0 Å². The van der Waals surface area contributed by atoms with Crippen LogP contribution in [0.2, 0.25) is 0 Å². The number of aliphatic hydroxyl groups excluding tert-OH is 1. The lowest BCUT2D eigenvalue weighted by Gasteiger charge is -1.68. The SMILES string of the molecule is N=N/N=N/N=ICO. The third-order valence-electron chi connectivity index (χ3n) is 0.225. The minimum Gasteiger partial charge on any atom is -0.385 e. The summed E-state index contributed by atoms with van der Waals surface area (Å²) in [7, 11) is 0. The zero-order valence-corrected chi connectivity index (χ0v) is 5.98. The second kappa shape index (κ2) is 6.69. The van der Waals surface area contributed by atoms with Crippen LogP contribution >= 0.6 is 21.0 Å². The molecule has 0 amide bonds. The van der Waals surface area contributed by atoms with Crippen LogP contribution in [0.3, 0.4) is 0 Å². The predicted octanol–water partition coefficient (Wildman–Crippen LogP) is 1.40. The molecule has 0 saturated heterocycles. The van der Waals surface area contributed by atoms with E-state index in [4.69, 9.17) is 10.6 Å². The quantitative estimate of drug-likeness (QED) is 0.325. The van der Waals surface area contributed by atoms with Gasteiger partial charge in [0.05, 0.1) is 21.0 Å². The molecule has 7 heteroatoms. The first-order valence-corrected chi connectivity index (χ1v) is 4.07. The van der Waals surface area contributed by atoms with Crippen molar-refractivity contribution in [2.24, 2.45) is 18.9 Å². The summed E-state index contributed by atoms with van der Waals surface area (Å²) in [6, 6.07) is 0. The number of aliphatic hydroxyl groups is 1. The second-order valence-corrected chi connectivity index (χ2v) is 2.39. The normalized spacial score (nSPS) is 12.1. The third-order valence-corrected chi connectivity index (χ3v) is 1.03. The van der Waals surface area contributed by atoms with E-state index in [1.54, 1.807) is 0 Å². The van der Waals surface area contributed by atoms with Gasteiger partial charge in [0.1, 0.15) is 4.61 Å². The number of halogens is 1. The van der Waals surface area contributed by atoms with Gasteiger partial charge in [-0.2, -0.15) is 5.53 Å². The van der Waals surface area contributed by atoms with Crippen molar-refractivity contribution >= 4 is 21.0 Å². The molecular weight excluding hydrogens is 225 g/mol. The van der Waals surface area contributed by atoms with Crippen LogP contribution in [0.1, 0.15) is 0 Å². The van der Waals surface area contributed by atoms with Crippen molar-refractivity contribution < 1.29 is 5.11 Å². The lowest BCUT2D eigenvalue weighted by molar-refractivity contribution is 0.387. The van der Waals surface area contributed by atoms with Gasteiger partial charge in [0, 0.05) is 0 Å². The molecule has 0 heterocycles. The van der Waals surface area contributed by atoms with E-state index in [0.29, 0.717) is 0 Å². The summed E-state index contributed by atoms with van der Waals surface area (Å²) in [5.41, 5.74) is 6.09. The Labute approximate surface area is 55.6 Å². The molecule has 0 atom stereocenters. The van der Waals surface area contributed by atoms with E-state index in [2.05, 4.69) is 18.9 Å². The van der Waals surface area contributed by atoms with Gasteiger partial charge in [-0.3, -0.25) is 0 Å². The highest BCUT2D eigenvalue weighted by molar-refractivity contribution is 14.2. The average molecular weight is 229 g/mol. The molecule has 2 N–H and O–H groups in total. The summed E-state index contributed by atoms with van der Waals surface area (Å²) in [4.78, 5) is 0. The fourth-order valence-corrected chi connectivity index (χ4v) is 0.442. The highest BCUT2D eigenvalue weighted by Gasteiger charge is 1.63. The molecule has 0 aliphatic rings. The Morgan fingerprint density at radius 1 is 1.50 bits per heavy atom. The van der Waals surface area contributed by atoms with Crippen LogP contribution in [-0.2, 0) is 0 Å². The molecule has 0 unspecified atom stereocenters. The van der Waals surface area contributed by atoms with Gasteiger partial charge in [-0.1, -0.05) is 0 Å². The summed E-state index contributed by atoms with van der Waals surface area (Å²) in [5.74, 6) is 0. The minimum atomic E-state index is -0.608. The van der Waals surface area contributed by atoms with Crippen LogP contribution in [0.15, 0.2) is 18.9 Å². The van der Waals surface area contributed by atoms with Crippen molar-refractivity contribution in [3.8, 4) is 0 Å². The van der Waals surface area contributed by atoms with Crippen LogP contribution in [0.4, 0.5) is 0 Å². The van der Waals surface area contributed by atoms with Crippen molar-refractivity contribution in [2.75, 3.05) is 4.61 Å². The molecule has 0 fully saturated rings. The number of alkyl halides is 1. The molecule has 0 aromatic carbocycles. The monoisotopic (exact) mass is 229 g/mol. The third kappa shape index (κ3) is 5.69. The molecule has 0 saturated carbocycles. The van der Waals surface area contributed by atoms with Crippen molar-refractivity contribution in [3.63, 3.8) is 0 Å². The number of rotatable bonds is 3. The molecule has 0 aliphatic heterocycles. The van der Waals surface area contributed by atoms with Gasteiger partial charge in [0.15, 0.2) is 0 Å². The maximum absolute atomic E-state index is 8.14. The van der Waals surface area contributed by atoms with Crippen LogP contribution in [0.25, 0.3) is 0 Å². The van der Waals surface area contributed by atoms with E-state index in [9.17, 15) is 0 Å². The van der Waals surface area contributed by atoms with Gasteiger partial charge >= 0.3 is 0 Å². The average Bonchev–Trinajstić information content (AvgIpc) is 1.81. The van der Waals surface area contributed by atoms with Crippen molar-refractivity contribution in [1.82, 2.24) is 0 Å². The standard InChI is InChI=1S/CH4IN5O/c3-5-7-6-4-2-1-8/h3,8H,1H2/b5-3?,7-6+. The summed E-state index contributed by atoms with van der Waals surface area (Å²) in [5, 5.41) is 16.6. The Morgan fingerprint density at radius 2 is 2.25 bits per heavy atom. The van der Waals surface area contributed by atoms with Gasteiger partial charge in [-0.15, -0.1) is 3.25 Å². The van der Waals surface area contributed by atoms with Crippen molar-refractivity contribution in [2.45, 2.75) is 0 Å². The van der Waals surface area contributed by atoms with Gasteiger partial charge in [-0.05, 0) is 15.7 Å². The van der Waals surface area contributed by atoms with Crippen LogP contribution in [0.5, 0.6) is 0 Å². The predicted molar refractivity (Wildman–Crippen MR) is 33.5 cm³/mol. The topological polar surface area (TPSA) is 93.5 Å². The lowest BCUT2D eigenvalue weighted by atomic mass is 11.8. The molecule has 46 valence electrons. The smallest absolute Gasteiger partial charge is 0.108 e. The maximum atomic E-state index is 8.14. The van der Waals surface area contributed by atoms with Gasteiger partial charge in [-0.25, -0.2) is 0 Å². The molecule has 0 rings (SSSR count). The summed E-state index contributed by atoms with van der Waals surface area (Å²) >= 11 is -0.608. The Morgan fingerprint density at radius 3 is 2.75 bits per heavy atom. The zero-order chi connectivity index (χ0) is 6.24. The van der Waals surface area contributed by atoms with E-state index in [-0.39, 0.29) is 4.61 Å². The molecule has 0 bridgehead atoms. The summed E-state index contributed by atoms with van der Waals surface area (Å²) in [6.45, 7) is 0. The van der Waals surface area contributed by atoms with Crippen molar-refractivity contribution in [3.05, 3.63) is 0 Å². The number of hydrogen-bond acceptors (Lipinski definition) is 3. The number of hydrogen-bond donors (Lipinski definition) is 2. The fraction of sp³-hybridized carbons (Fsp3) is 1.00. The molecule has 0 aromatic rings. The first kappa shape index (κ1) is 7.69. The Kier molecular flexibility index (Phi) is 6.43. The maximum Gasteiger partial charge on any atom is 0.108 e. The van der Waals surface area contributed by atoms with E-state index in [1.807, 2.05) is 0 Å². The number of nitrogens with zero attached hydrogens (tertiary/aromatic N) is 4. The van der Waals surface area contributed by atoms with E-state index in [0.717, 1.165) is 0 Å². The molecule has 0 spiro atoms. The summed E-state index contributed by atoms with van der Waals surface area (Å²) < 4.78 is 3.44. The Balaban J connectivity index is 3.26. The Bertz CT molecular complexity index is 109. The second-order valence-electron chi connectivity index (χ2n) is 0.594. The van der Waals surface area contributed by atoms with E-state index < -0.39 is 21.0 Å². The van der Waals surface area contributed by atoms with Crippen molar-refractivity contribution in [1.29, 1.82) is 5.53 Å².